The highest BCUT2D eigenvalue weighted by molar-refractivity contribution is 5.85. The van der Waals surface area contributed by atoms with Crippen LogP contribution in [-0.4, -0.2) is 22.2 Å². The van der Waals surface area contributed by atoms with Gasteiger partial charge in [-0.2, -0.15) is 0 Å². The molecule has 1 spiro atoms. The van der Waals surface area contributed by atoms with E-state index in [1.165, 1.54) is 50.5 Å². The number of hydrogen-bond donors (Lipinski definition) is 2. The molecule has 0 saturated heterocycles. The molecule has 2 N–H and O–H groups in total. The Kier molecular flexibility index (Phi) is 6.39. The van der Waals surface area contributed by atoms with Crippen LogP contribution in [0.1, 0.15) is 105 Å². The van der Waals surface area contributed by atoms with E-state index in [1.54, 1.807) is 6.92 Å². The van der Waals surface area contributed by atoms with Crippen LogP contribution in [0.3, 0.4) is 0 Å². The number of aliphatic carboxylic acids is 2. The Hall–Kier alpha value is -1.58. The third-order valence-electron chi connectivity index (χ3n) is 12.0. The summed E-state index contributed by atoms with van der Waals surface area (Å²) < 4.78 is 0. The number of carboxylic acids is 2. The second-order valence-electron chi connectivity index (χ2n) is 13.1. The van der Waals surface area contributed by atoms with Crippen LogP contribution in [-0.2, 0) is 9.59 Å². The molecule has 4 aliphatic rings. The Morgan fingerprint density at radius 2 is 1.76 bits per heavy atom. The van der Waals surface area contributed by atoms with Crippen molar-refractivity contribution in [3.8, 4) is 0 Å². The third-order valence-corrected chi connectivity index (χ3v) is 12.0. The van der Waals surface area contributed by atoms with Crippen LogP contribution in [0.2, 0.25) is 0 Å². The van der Waals surface area contributed by atoms with Gasteiger partial charge in [0.25, 0.3) is 0 Å². The monoisotopic (exact) mass is 470 g/mol. The lowest BCUT2D eigenvalue weighted by molar-refractivity contribution is -0.139. The van der Waals surface area contributed by atoms with Crippen molar-refractivity contribution in [1.29, 1.82) is 0 Å². The summed E-state index contributed by atoms with van der Waals surface area (Å²) in [6, 6.07) is 0. The van der Waals surface area contributed by atoms with Gasteiger partial charge in [-0.3, -0.25) is 4.79 Å². The molecule has 5 unspecified atom stereocenters. The van der Waals surface area contributed by atoms with E-state index < -0.39 is 11.9 Å². The summed E-state index contributed by atoms with van der Waals surface area (Å²) in [6.07, 6.45) is 13.6. The van der Waals surface area contributed by atoms with Crippen molar-refractivity contribution >= 4 is 11.9 Å². The van der Waals surface area contributed by atoms with E-state index >= 15 is 0 Å². The van der Waals surface area contributed by atoms with Crippen LogP contribution in [0, 0.1) is 45.3 Å². The Morgan fingerprint density at radius 1 is 1.06 bits per heavy atom. The molecule has 4 rings (SSSR count). The Labute approximate surface area is 206 Å². The fourth-order valence-corrected chi connectivity index (χ4v) is 10.1. The van der Waals surface area contributed by atoms with Crippen LogP contribution >= 0.6 is 0 Å². The summed E-state index contributed by atoms with van der Waals surface area (Å²) in [5, 5.41) is 18.7. The van der Waals surface area contributed by atoms with Gasteiger partial charge in [-0.25, -0.2) is 4.79 Å². The number of fused-ring (bicyclic) bond motifs is 2. The van der Waals surface area contributed by atoms with Gasteiger partial charge in [0.1, 0.15) is 0 Å². The maximum absolute atomic E-state index is 11.6. The zero-order valence-corrected chi connectivity index (χ0v) is 22.1. The SMILES string of the molecule is C=C(C)C1CCC2C3(CC[C@]4(C)C(C(C)CCC=C(C)C(=O)O)CC[C@]24C)C[C@@]13CCC(=O)O. The van der Waals surface area contributed by atoms with Crippen molar-refractivity contribution in [1.82, 2.24) is 0 Å². The van der Waals surface area contributed by atoms with Crippen LogP contribution in [0.25, 0.3) is 0 Å². The van der Waals surface area contributed by atoms with Crippen molar-refractivity contribution < 1.29 is 19.8 Å². The molecule has 4 nitrogen and oxygen atoms in total. The Balaban J connectivity index is 1.56. The van der Waals surface area contributed by atoms with Gasteiger partial charge in [-0.15, -0.1) is 0 Å². The van der Waals surface area contributed by atoms with Crippen molar-refractivity contribution in [3.05, 3.63) is 23.8 Å². The zero-order valence-electron chi connectivity index (χ0n) is 22.1. The standard InChI is InChI=1S/C30H46O4/c1-19(2)22-10-11-24-28(6)14-12-23(20(3)8-7-9-21(4)26(33)34)27(28,5)16-17-30(24)18-29(22,30)15-13-25(31)32/h9,20,22-24H,1,7-8,10-18H2,2-6H3,(H,31,32)(H,33,34)/t20?,22?,23?,24?,27-,28-,29+,30?/m1/s1. The van der Waals surface area contributed by atoms with E-state index in [0.717, 1.165) is 19.3 Å². The normalized spacial score (nSPS) is 43.9. The summed E-state index contributed by atoms with van der Waals surface area (Å²) in [6.45, 7) is 15.8. The highest BCUT2D eigenvalue weighted by Gasteiger charge is 2.80. The number of allylic oxidation sites excluding steroid dienone is 2. The minimum absolute atomic E-state index is 0.160. The van der Waals surface area contributed by atoms with Gasteiger partial charge < -0.3 is 10.2 Å². The fraction of sp³-hybridized carbons (Fsp3) is 0.800. The molecule has 34 heavy (non-hydrogen) atoms. The van der Waals surface area contributed by atoms with Gasteiger partial charge in [-0.1, -0.05) is 39.0 Å². The van der Waals surface area contributed by atoms with Gasteiger partial charge in [0.05, 0.1) is 0 Å². The first-order chi connectivity index (χ1) is 15.8. The summed E-state index contributed by atoms with van der Waals surface area (Å²) in [7, 11) is 0. The summed E-state index contributed by atoms with van der Waals surface area (Å²) in [4.78, 5) is 22.7. The number of rotatable bonds is 9. The second-order valence-corrected chi connectivity index (χ2v) is 13.1. The van der Waals surface area contributed by atoms with Gasteiger partial charge in [0.15, 0.2) is 0 Å². The number of carboxylic acid groups (broad SMARTS) is 2. The average Bonchev–Trinajstić information content (AvgIpc) is 3.35. The zero-order chi connectivity index (χ0) is 25.1. The van der Waals surface area contributed by atoms with E-state index in [4.69, 9.17) is 5.11 Å². The molecule has 190 valence electrons. The minimum Gasteiger partial charge on any atom is -0.481 e. The molecule has 0 heterocycles. The summed E-state index contributed by atoms with van der Waals surface area (Å²) in [5.41, 5.74) is 2.81. The lowest BCUT2D eigenvalue weighted by Crippen LogP contribution is -2.54. The summed E-state index contributed by atoms with van der Waals surface area (Å²) >= 11 is 0. The fourth-order valence-electron chi connectivity index (χ4n) is 10.1. The van der Waals surface area contributed by atoms with E-state index in [1.807, 2.05) is 6.08 Å². The van der Waals surface area contributed by atoms with Crippen LogP contribution < -0.4 is 0 Å². The van der Waals surface area contributed by atoms with Crippen molar-refractivity contribution in [2.24, 2.45) is 45.3 Å². The largest absolute Gasteiger partial charge is 0.481 e. The predicted molar refractivity (Wildman–Crippen MR) is 135 cm³/mol. The van der Waals surface area contributed by atoms with Gasteiger partial charge in [-0.05, 0) is 123 Å². The molecule has 8 atom stereocenters. The molecule has 0 bridgehead atoms. The summed E-state index contributed by atoms with van der Waals surface area (Å²) in [5.74, 6) is 0.964. The van der Waals surface area contributed by atoms with Crippen molar-refractivity contribution in [2.75, 3.05) is 0 Å². The first kappa shape index (κ1) is 25.5. The molecule has 0 aromatic heterocycles. The van der Waals surface area contributed by atoms with Crippen LogP contribution in [0.4, 0.5) is 0 Å². The molecule has 0 aromatic carbocycles. The van der Waals surface area contributed by atoms with Crippen LogP contribution in [0.15, 0.2) is 23.8 Å². The van der Waals surface area contributed by atoms with Gasteiger partial charge in [0.2, 0.25) is 0 Å². The Bertz CT molecular complexity index is 903. The molecule has 0 radical (unpaired) electrons. The molecule has 4 aliphatic carbocycles. The maximum atomic E-state index is 11.6. The van der Waals surface area contributed by atoms with Crippen molar-refractivity contribution in [2.45, 2.75) is 105 Å². The van der Waals surface area contributed by atoms with E-state index in [9.17, 15) is 14.7 Å². The number of hydrogen-bond acceptors (Lipinski definition) is 2. The molecular formula is C30H46O4. The second kappa shape index (κ2) is 8.52. The maximum Gasteiger partial charge on any atom is 0.330 e. The molecule has 0 amide bonds. The Morgan fingerprint density at radius 3 is 2.38 bits per heavy atom. The molecule has 4 heteroatoms. The third kappa shape index (κ3) is 3.53. The average molecular weight is 471 g/mol. The van der Waals surface area contributed by atoms with Gasteiger partial charge >= 0.3 is 11.9 Å². The smallest absolute Gasteiger partial charge is 0.330 e. The lowest BCUT2D eigenvalue weighted by Gasteiger charge is -2.61. The molecule has 0 aliphatic heterocycles. The van der Waals surface area contributed by atoms with Crippen LogP contribution in [0.5, 0.6) is 0 Å². The van der Waals surface area contributed by atoms with E-state index in [0.29, 0.717) is 45.5 Å². The molecular weight excluding hydrogens is 424 g/mol. The molecule has 4 fully saturated rings. The van der Waals surface area contributed by atoms with E-state index in [2.05, 4.69) is 34.3 Å². The quantitative estimate of drug-likeness (QED) is 0.270. The highest BCUT2D eigenvalue weighted by Crippen LogP contribution is 2.87. The first-order valence-corrected chi connectivity index (χ1v) is 13.6. The lowest BCUT2D eigenvalue weighted by atomic mass is 9.43. The molecule has 4 saturated carbocycles. The molecule has 0 aromatic rings. The van der Waals surface area contributed by atoms with E-state index in [-0.39, 0.29) is 11.8 Å². The minimum atomic E-state index is -0.813. The van der Waals surface area contributed by atoms with Gasteiger partial charge in [0, 0.05) is 12.0 Å². The highest BCUT2D eigenvalue weighted by atomic mass is 16.4. The van der Waals surface area contributed by atoms with Crippen molar-refractivity contribution in [3.63, 3.8) is 0 Å². The topological polar surface area (TPSA) is 74.6 Å². The number of carbonyl (C=O) groups is 2. The predicted octanol–water partition coefficient (Wildman–Crippen LogP) is 7.49. The first-order valence-electron chi connectivity index (χ1n) is 13.6.